The summed E-state index contributed by atoms with van der Waals surface area (Å²) in [5.74, 6) is 0.934. The number of ether oxygens (including phenoxy) is 1. The van der Waals surface area contributed by atoms with Gasteiger partial charge in [-0.3, -0.25) is 0 Å². The van der Waals surface area contributed by atoms with Crippen molar-refractivity contribution in [2.24, 2.45) is 0 Å². The molecule has 1 saturated heterocycles. The summed E-state index contributed by atoms with van der Waals surface area (Å²) in [6.45, 7) is 10.1. The molecule has 0 saturated carbocycles. The molecule has 0 bridgehead atoms. The van der Waals surface area contributed by atoms with E-state index in [4.69, 9.17) is 4.74 Å². The Morgan fingerprint density at radius 2 is 2.32 bits per heavy atom. The second kappa shape index (κ2) is 7.13. The minimum absolute atomic E-state index is 0.181. The zero-order chi connectivity index (χ0) is 16.2. The molecular weight excluding hydrogens is 280 g/mol. The number of hydrogen-bond donors (Lipinski definition) is 2. The van der Waals surface area contributed by atoms with Crippen molar-refractivity contribution in [2.75, 3.05) is 13.1 Å². The van der Waals surface area contributed by atoms with Crippen molar-refractivity contribution >= 4 is 6.09 Å². The lowest BCUT2D eigenvalue weighted by molar-refractivity contribution is 0.0220. The number of aromatic amines is 1. The Labute approximate surface area is 132 Å². The van der Waals surface area contributed by atoms with E-state index in [1.54, 1.807) is 0 Å². The third-order valence-electron chi connectivity index (χ3n) is 3.73. The van der Waals surface area contributed by atoms with E-state index in [1.165, 1.54) is 0 Å². The smallest absolute Gasteiger partial charge is 0.410 e. The Bertz CT molecular complexity index is 493. The lowest BCUT2D eigenvalue weighted by Crippen LogP contribution is -2.40. The topological polar surface area (TPSA) is 70.2 Å². The number of amides is 1. The van der Waals surface area contributed by atoms with Gasteiger partial charge in [0.1, 0.15) is 11.4 Å². The first kappa shape index (κ1) is 16.8. The third-order valence-corrected chi connectivity index (χ3v) is 3.73. The van der Waals surface area contributed by atoms with Crippen LogP contribution in [0, 0.1) is 6.92 Å². The maximum absolute atomic E-state index is 12.2. The van der Waals surface area contributed by atoms with Crippen LogP contribution in [0.3, 0.4) is 0 Å². The molecule has 1 unspecified atom stereocenters. The van der Waals surface area contributed by atoms with Gasteiger partial charge in [0.15, 0.2) is 0 Å². The van der Waals surface area contributed by atoms with Crippen LogP contribution in [0.1, 0.15) is 51.6 Å². The van der Waals surface area contributed by atoms with E-state index in [0.717, 1.165) is 50.4 Å². The fraction of sp³-hybridized carbons (Fsp3) is 0.750. The predicted molar refractivity (Wildman–Crippen MR) is 85.6 cm³/mol. The van der Waals surface area contributed by atoms with Crippen LogP contribution in [-0.2, 0) is 11.3 Å². The van der Waals surface area contributed by atoms with Gasteiger partial charge in [0.05, 0.1) is 0 Å². The number of hydrogen-bond acceptors (Lipinski definition) is 4. The number of H-pyrrole nitrogens is 1. The molecule has 124 valence electrons. The molecule has 1 atom stereocenters. The second-order valence-electron chi connectivity index (χ2n) is 6.93. The highest BCUT2D eigenvalue weighted by molar-refractivity contribution is 5.68. The van der Waals surface area contributed by atoms with Crippen molar-refractivity contribution in [2.45, 2.75) is 65.1 Å². The van der Waals surface area contributed by atoms with Crippen molar-refractivity contribution in [3.05, 3.63) is 17.7 Å². The summed E-state index contributed by atoms with van der Waals surface area (Å²) in [7, 11) is 0. The number of nitrogens with one attached hydrogen (secondary N) is 2. The number of rotatable bonds is 5. The van der Waals surface area contributed by atoms with Crippen LogP contribution < -0.4 is 5.32 Å². The van der Waals surface area contributed by atoms with Gasteiger partial charge in [-0.2, -0.15) is 0 Å². The summed E-state index contributed by atoms with van der Waals surface area (Å²) in [5, 5.41) is 3.40. The van der Waals surface area contributed by atoms with Gasteiger partial charge in [-0.25, -0.2) is 9.78 Å². The molecule has 0 radical (unpaired) electrons. The average molecular weight is 308 g/mol. The third kappa shape index (κ3) is 5.02. The van der Waals surface area contributed by atoms with E-state index in [-0.39, 0.29) is 12.1 Å². The molecule has 0 spiro atoms. The Kier molecular flexibility index (Phi) is 5.45. The molecule has 6 nitrogen and oxygen atoms in total. The van der Waals surface area contributed by atoms with Crippen LogP contribution in [0.2, 0.25) is 0 Å². The molecule has 0 aromatic carbocycles. The summed E-state index contributed by atoms with van der Waals surface area (Å²) >= 11 is 0. The zero-order valence-electron chi connectivity index (χ0n) is 14.1. The minimum Gasteiger partial charge on any atom is -0.444 e. The highest BCUT2D eigenvalue weighted by Gasteiger charge is 2.31. The molecule has 2 rings (SSSR count). The van der Waals surface area contributed by atoms with Gasteiger partial charge in [-0.05, 0) is 53.5 Å². The van der Waals surface area contributed by atoms with E-state index in [2.05, 4.69) is 15.3 Å². The first-order valence-corrected chi connectivity index (χ1v) is 8.06. The number of carbonyl (C=O) groups is 1. The zero-order valence-corrected chi connectivity index (χ0v) is 14.1. The number of aryl methyl sites for hydroxylation is 1. The summed E-state index contributed by atoms with van der Waals surface area (Å²) in [5.41, 5.74) is 0.661. The fourth-order valence-electron chi connectivity index (χ4n) is 2.75. The molecule has 1 aliphatic heterocycles. The summed E-state index contributed by atoms with van der Waals surface area (Å²) < 4.78 is 5.48. The van der Waals surface area contributed by atoms with Gasteiger partial charge in [-0.15, -0.1) is 0 Å². The molecule has 6 heteroatoms. The summed E-state index contributed by atoms with van der Waals surface area (Å²) in [4.78, 5) is 21.5. The van der Waals surface area contributed by atoms with E-state index < -0.39 is 5.60 Å². The monoisotopic (exact) mass is 308 g/mol. The molecule has 0 aliphatic carbocycles. The minimum atomic E-state index is -0.430. The number of nitrogens with zero attached hydrogens (tertiary/aromatic N) is 2. The standard InChI is InChI=1S/C16H28N4O2/c1-12-18-11-13(19-12)10-17-8-7-14-6-5-9-20(14)15(21)22-16(2,3)4/h11,14,17H,5-10H2,1-4H3,(H,18,19). The molecule has 1 fully saturated rings. The summed E-state index contributed by atoms with van der Waals surface area (Å²) in [6.07, 6.45) is 4.74. The van der Waals surface area contributed by atoms with Gasteiger partial charge in [0.2, 0.25) is 0 Å². The van der Waals surface area contributed by atoms with Crippen molar-refractivity contribution < 1.29 is 9.53 Å². The molecule has 1 aromatic rings. The molecule has 1 aliphatic rings. The van der Waals surface area contributed by atoms with Gasteiger partial charge in [0.25, 0.3) is 0 Å². The lowest BCUT2D eigenvalue weighted by Gasteiger charge is -2.28. The molecule has 22 heavy (non-hydrogen) atoms. The van der Waals surface area contributed by atoms with Crippen LogP contribution in [0.15, 0.2) is 6.20 Å². The fourth-order valence-corrected chi connectivity index (χ4v) is 2.75. The molecule has 1 amide bonds. The van der Waals surface area contributed by atoms with Crippen molar-refractivity contribution in [3.63, 3.8) is 0 Å². The van der Waals surface area contributed by atoms with Crippen LogP contribution in [-0.4, -0.2) is 45.7 Å². The number of carbonyl (C=O) groups excluding carboxylic acids is 1. The summed E-state index contributed by atoms with van der Waals surface area (Å²) in [6, 6.07) is 0.283. The van der Waals surface area contributed by atoms with Gasteiger partial charge in [-0.1, -0.05) is 0 Å². The predicted octanol–water partition coefficient (Wildman–Crippen LogP) is 2.60. The average Bonchev–Trinajstić information content (AvgIpc) is 3.01. The first-order chi connectivity index (χ1) is 10.3. The number of aromatic nitrogens is 2. The second-order valence-corrected chi connectivity index (χ2v) is 6.93. The Morgan fingerprint density at radius 3 is 2.95 bits per heavy atom. The van der Waals surface area contributed by atoms with Crippen LogP contribution >= 0.6 is 0 Å². The van der Waals surface area contributed by atoms with Crippen molar-refractivity contribution in [3.8, 4) is 0 Å². The van der Waals surface area contributed by atoms with Gasteiger partial charge in [0, 0.05) is 31.0 Å². The van der Waals surface area contributed by atoms with E-state index in [9.17, 15) is 4.79 Å². The lowest BCUT2D eigenvalue weighted by atomic mass is 10.1. The molecule has 2 heterocycles. The molecular formula is C16H28N4O2. The van der Waals surface area contributed by atoms with Gasteiger partial charge >= 0.3 is 6.09 Å². The normalized spacial score (nSPS) is 18.7. The highest BCUT2D eigenvalue weighted by Crippen LogP contribution is 2.22. The van der Waals surface area contributed by atoms with E-state index in [0.29, 0.717) is 0 Å². The van der Waals surface area contributed by atoms with Crippen LogP contribution in [0.25, 0.3) is 0 Å². The largest absolute Gasteiger partial charge is 0.444 e. The molecule has 2 N–H and O–H groups in total. The maximum atomic E-state index is 12.2. The van der Waals surface area contributed by atoms with Crippen LogP contribution in [0.4, 0.5) is 4.79 Å². The Hall–Kier alpha value is -1.56. The first-order valence-electron chi connectivity index (χ1n) is 8.06. The van der Waals surface area contributed by atoms with Crippen LogP contribution in [0.5, 0.6) is 0 Å². The Balaban J connectivity index is 1.73. The molecule has 1 aromatic heterocycles. The van der Waals surface area contributed by atoms with E-state index in [1.807, 2.05) is 38.8 Å². The van der Waals surface area contributed by atoms with Crippen molar-refractivity contribution in [1.29, 1.82) is 0 Å². The number of imidazole rings is 1. The number of likely N-dealkylation sites (tertiary alicyclic amines) is 1. The van der Waals surface area contributed by atoms with Gasteiger partial charge < -0.3 is 19.9 Å². The van der Waals surface area contributed by atoms with Crippen molar-refractivity contribution in [1.82, 2.24) is 20.2 Å². The Morgan fingerprint density at radius 1 is 1.55 bits per heavy atom. The van der Waals surface area contributed by atoms with E-state index >= 15 is 0 Å². The maximum Gasteiger partial charge on any atom is 0.410 e. The highest BCUT2D eigenvalue weighted by atomic mass is 16.6. The SMILES string of the molecule is Cc1ncc(CNCCC2CCCN2C(=O)OC(C)(C)C)[nH]1. The quantitative estimate of drug-likeness (QED) is 0.820.